The first kappa shape index (κ1) is 13.6. The Bertz CT molecular complexity index is 775. The Hall–Kier alpha value is -2.33. The highest BCUT2D eigenvalue weighted by Crippen LogP contribution is 2.12. The molecule has 21 heavy (non-hydrogen) atoms. The van der Waals surface area contributed by atoms with Crippen molar-refractivity contribution < 1.29 is 4.42 Å². The summed E-state index contributed by atoms with van der Waals surface area (Å²) in [6.45, 7) is 3.67. The summed E-state index contributed by atoms with van der Waals surface area (Å²) in [5.74, 6) is 0.930. The minimum atomic E-state index is 0.0683. The maximum absolute atomic E-state index is 11.8. The number of furan rings is 1. The Balaban J connectivity index is 1.71. The maximum Gasteiger partial charge on any atom is 0.189 e. The number of benzene rings is 1. The molecule has 0 bridgehead atoms. The molecule has 2 heterocycles. The Labute approximate surface area is 123 Å². The molecule has 0 radical (unpaired) electrons. The second kappa shape index (κ2) is 5.97. The van der Waals surface area contributed by atoms with E-state index in [1.165, 1.54) is 0 Å². The van der Waals surface area contributed by atoms with Crippen LogP contribution in [0.1, 0.15) is 18.7 Å². The van der Waals surface area contributed by atoms with Crippen molar-refractivity contribution in [3.8, 4) is 0 Å². The SMILES string of the molecule is CC(NCCn1ccc(=O)c2ccccc21)c1ccco1. The average molecular weight is 282 g/mol. The summed E-state index contributed by atoms with van der Waals surface area (Å²) < 4.78 is 7.47. The van der Waals surface area contributed by atoms with Crippen LogP contribution in [0.3, 0.4) is 0 Å². The van der Waals surface area contributed by atoms with E-state index >= 15 is 0 Å². The standard InChI is InChI=1S/C17H18N2O2/c1-13(17-7-4-12-21-17)18-9-11-19-10-8-16(20)14-5-2-3-6-15(14)19/h2-8,10,12-13,18H,9,11H2,1H3. The summed E-state index contributed by atoms with van der Waals surface area (Å²) in [5, 5.41) is 4.18. The minimum absolute atomic E-state index is 0.0683. The lowest BCUT2D eigenvalue weighted by molar-refractivity contribution is 0.424. The number of hydrogen-bond acceptors (Lipinski definition) is 3. The first-order chi connectivity index (χ1) is 10.3. The third-order valence-electron chi connectivity index (χ3n) is 3.66. The summed E-state index contributed by atoms with van der Waals surface area (Å²) in [7, 11) is 0. The van der Waals surface area contributed by atoms with Gasteiger partial charge in [-0.1, -0.05) is 12.1 Å². The molecule has 0 saturated heterocycles. The highest BCUT2D eigenvalue weighted by Gasteiger charge is 2.07. The number of pyridine rings is 1. The summed E-state index contributed by atoms with van der Waals surface area (Å²) in [5.41, 5.74) is 1.04. The summed E-state index contributed by atoms with van der Waals surface area (Å²) in [4.78, 5) is 11.8. The Morgan fingerprint density at radius 2 is 2.05 bits per heavy atom. The van der Waals surface area contributed by atoms with Crippen LogP contribution < -0.4 is 10.7 Å². The van der Waals surface area contributed by atoms with Crippen LogP contribution in [-0.2, 0) is 6.54 Å². The lowest BCUT2D eigenvalue weighted by Gasteiger charge is -2.14. The zero-order valence-corrected chi connectivity index (χ0v) is 12.0. The summed E-state index contributed by atoms with van der Waals surface area (Å²) in [6.07, 6.45) is 3.53. The molecule has 4 heteroatoms. The first-order valence-electron chi connectivity index (χ1n) is 7.10. The molecule has 108 valence electrons. The largest absolute Gasteiger partial charge is 0.468 e. The van der Waals surface area contributed by atoms with Crippen LogP contribution in [0.25, 0.3) is 10.9 Å². The number of hydrogen-bond donors (Lipinski definition) is 1. The molecule has 0 saturated carbocycles. The number of rotatable bonds is 5. The van der Waals surface area contributed by atoms with Gasteiger partial charge in [-0.3, -0.25) is 4.79 Å². The van der Waals surface area contributed by atoms with Gasteiger partial charge in [0.25, 0.3) is 0 Å². The van der Waals surface area contributed by atoms with Crippen LogP contribution in [0.4, 0.5) is 0 Å². The summed E-state index contributed by atoms with van der Waals surface area (Å²) in [6, 6.07) is 13.3. The molecule has 0 aliphatic heterocycles. The smallest absolute Gasteiger partial charge is 0.189 e. The van der Waals surface area contributed by atoms with Gasteiger partial charge in [-0.2, -0.15) is 0 Å². The fraction of sp³-hybridized carbons (Fsp3) is 0.235. The molecular formula is C17H18N2O2. The van der Waals surface area contributed by atoms with E-state index in [2.05, 4.69) is 16.8 Å². The van der Waals surface area contributed by atoms with Crippen LogP contribution in [0, 0.1) is 0 Å². The molecule has 0 aliphatic carbocycles. The Morgan fingerprint density at radius 3 is 2.86 bits per heavy atom. The molecule has 1 N–H and O–H groups in total. The normalized spacial score (nSPS) is 12.6. The molecule has 0 amide bonds. The van der Waals surface area contributed by atoms with E-state index in [0.717, 1.165) is 29.8 Å². The van der Waals surface area contributed by atoms with Crippen molar-refractivity contribution in [3.05, 3.63) is 70.9 Å². The topological polar surface area (TPSA) is 47.2 Å². The molecule has 1 aromatic carbocycles. The second-order valence-electron chi connectivity index (χ2n) is 5.08. The van der Waals surface area contributed by atoms with Gasteiger partial charge in [-0.15, -0.1) is 0 Å². The van der Waals surface area contributed by atoms with Gasteiger partial charge in [-0.05, 0) is 31.2 Å². The lowest BCUT2D eigenvalue weighted by Crippen LogP contribution is -2.23. The van der Waals surface area contributed by atoms with E-state index in [-0.39, 0.29) is 11.5 Å². The highest BCUT2D eigenvalue weighted by atomic mass is 16.3. The molecule has 1 unspecified atom stereocenters. The number of nitrogens with zero attached hydrogens (tertiary/aromatic N) is 1. The predicted molar refractivity (Wildman–Crippen MR) is 83.3 cm³/mol. The van der Waals surface area contributed by atoms with Crippen molar-refractivity contribution in [2.45, 2.75) is 19.5 Å². The second-order valence-corrected chi connectivity index (χ2v) is 5.08. The molecule has 3 rings (SSSR count). The number of nitrogens with one attached hydrogen (secondary N) is 1. The molecule has 0 fully saturated rings. The highest BCUT2D eigenvalue weighted by molar-refractivity contribution is 5.78. The Morgan fingerprint density at radius 1 is 1.19 bits per heavy atom. The minimum Gasteiger partial charge on any atom is -0.468 e. The van der Waals surface area contributed by atoms with E-state index < -0.39 is 0 Å². The van der Waals surface area contributed by atoms with Gasteiger partial charge in [0.05, 0.1) is 17.8 Å². The third-order valence-corrected chi connectivity index (χ3v) is 3.66. The van der Waals surface area contributed by atoms with Crippen molar-refractivity contribution in [3.63, 3.8) is 0 Å². The molecule has 2 aromatic heterocycles. The number of aromatic nitrogens is 1. The fourth-order valence-corrected chi connectivity index (χ4v) is 2.49. The monoisotopic (exact) mass is 282 g/mol. The van der Waals surface area contributed by atoms with Crippen LogP contribution in [0.5, 0.6) is 0 Å². The van der Waals surface area contributed by atoms with Crippen molar-refractivity contribution in [1.82, 2.24) is 9.88 Å². The van der Waals surface area contributed by atoms with Gasteiger partial charge in [0.1, 0.15) is 5.76 Å². The van der Waals surface area contributed by atoms with Gasteiger partial charge in [0.2, 0.25) is 0 Å². The molecule has 4 nitrogen and oxygen atoms in total. The quantitative estimate of drug-likeness (QED) is 0.782. The Kier molecular flexibility index (Phi) is 3.88. The zero-order chi connectivity index (χ0) is 14.7. The first-order valence-corrected chi connectivity index (χ1v) is 7.10. The zero-order valence-electron chi connectivity index (χ0n) is 12.0. The van der Waals surface area contributed by atoms with Gasteiger partial charge in [0.15, 0.2) is 5.43 Å². The maximum atomic E-state index is 11.8. The third kappa shape index (κ3) is 2.90. The molecule has 0 aliphatic rings. The number of fused-ring (bicyclic) bond motifs is 1. The molecule has 3 aromatic rings. The predicted octanol–water partition coefficient (Wildman–Crippen LogP) is 2.95. The van der Waals surface area contributed by atoms with Crippen molar-refractivity contribution in [1.29, 1.82) is 0 Å². The fourth-order valence-electron chi connectivity index (χ4n) is 2.49. The lowest BCUT2D eigenvalue weighted by atomic mass is 10.2. The molecular weight excluding hydrogens is 264 g/mol. The molecule has 0 spiro atoms. The number of para-hydroxylation sites is 1. The van der Waals surface area contributed by atoms with Crippen LogP contribution in [0.15, 0.2) is 64.1 Å². The van der Waals surface area contributed by atoms with Crippen molar-refractivity contribution in [2.24, 2.45) is 0 Å². The van der Waals surface area contributed by atoms with E-state index in [1.807, 2.05) is 42.6 Å². The van der Waals surface area contributed by atoms with E-state index in [9.17, 15) is 4.79 Å². The van der Waals surface area contributed by atoms with Crippen LogP contribution in [0.2, 0.25) is 0 Å². The van der Waals surface area contributed by atoms with Gasteiger partial charge < -0.3 is 14.3 Å². The van der Waals surface area contributed by atoms with Crippen molar-refractivity contribution >= 4 is 10.9 Å². The van der Waals surface area contributed by atoms with Crippen LogP contribution in [-0.4, -0.2) is 11.1 Å². The van der Waals surface area contributed by atoms with E-state index in [4.69, 9.17) is 4.42 Å². The van der Waals surface area contributed by atoms with E-state index in [1.54, 1.807) is 12.3 Å². The van der Waals surface area contributed by atoms with Gasteiger partial charge in [-0.25, -0.2) is 0 Å². The van der Waals surface area contributed by atoms with Crippen molar-refractivity contribution in [2.75, 3.05) is 6.54 Å². The molecule has 1 atom stereocenters. The average Bonchev–Trinajstić information content (AvgIpc) is 3.04. The van der Waals surface area contributed by atoms with Gasteiger partial charge in [0, 0.05) is 30.7 Å². The summed E-state index contributed by atoms with van der Waals surface area (Å²) >= 11 is 0. The van der Waals surface area contributed by atoms with Gasteiger partial charge >= 0.3 is 0 Å². The van der Waals surface area contributed by atoms with E-state index in [0.29, 0.717) is 0 Å². The van der Waals surface area contributed by atoms with Crippen LogP contribution >= 0.6 is 0 Å².